The maximum atomic E-state index is 12.0. The van der Waals surface area contributed by atoms with Crippen LogP contribution in [-0.2, 0) is 4.79 Å². The zero-order chi connectivity index (χ0) is 19.9. The van der Waals surface area contributed by atoms with Gasteiger partial charge in [-0.05, 0) is 30.3 Å². The van der Waals surface area contributed by atoms with Crippen molar-refractivity contribution < 1.29 is 4.79 Å². The molecule has 7 nitrogen and oxygen atoms in total. The number of halogens is 2. The summed E-state index contributed by atoms with van der Waals surface area (Å²) in [6, 6.07) is 10.8. The lowest BCUT2D eigenvalue weighted by Gasteiger charge is -2.11. The zero-order valence-corrected chi connectivity index (χ0v) is 16.8. The van der Waals surface area contributed by atoms with Gasteiger partial charge in [-0.25, -0.2) is 0 Å². The van der Waals surface area contributed by atoms with E-state index >= 15 is 0 Å². The SMILES string of the molecule is N#CCCNC(=O)CSc1nnc(-c2ccncc2)n1-c1ccc(Cl)c(Cl)c1. The molecule has 10 heteroatoms. The highest BCUT2D eigenvalue weighted by atomic mass is 35.5. The third kappa shape index (κ3) is 4.81. The molecule has 0 spiro atoms. The van der Waals surface area contributed by atoms with Gasteiger partial charge in [0.25, 0.3) is 0 Å². The van der Waals surface area contributed by atoms with Crippen molar-refractivity contribution in [3.8, 4) is 23.1 Å². The summed E-state index contributed by atoms with van der Waals surface area (Å²) >= 11 is 13.5. The predicted octanol–water partition coefficient (Wildman–Crippen LogP) is 3.76. The molecule has 1 aromatic carbocycles. The topological polar surface area (TPSA) is 96.5 Å². The Morgan fingerprint density at radius 1 is 1.18 bits per heavy atom. The number of hydrogen-bond acceptors (Lipinski definition) is 6. The van der Waals surface area contributed by atoms with E-state index in [4.69, 9.17) is 28.5 Å². The Labute approximate surface area is 175 Å². The van der Waals surface area contributed by atoms with Gasteiger partial charge in [-0.3, -0.25) is 14.3 Å². The van der Waals surface area contributed by atoms with E-state index in [0.29, 0.717) is 27.6 Å². The number of benzene rings is 1. The summed E-state index contributed by atoms with van der Waals surface area (Å²) in [6.07, 6.45) is 3.60. The Morgan fingerprint density at radius 3 is 2.68 bits per heavy atom. The van der Waals surface area contributed by atoms with Crippen LogP contribution in [-0.4, -0.2) is 38.0 Å². The summed E-state index contributed by atoms with van der Waals surface area (Å²) in [4.78, 5) is 16.0. The molecule has 0 aliphatic carbocycles. The molecule has 0 saturated carbocycles. The van der Waals surface area contributed by atoms with Gasteiger partial charge in [0.1, 0.15) is 0 Å². The van der Waals surface area contributed by atoms with E-state index in [0.717, 1.165) is 11.3 Å². The maximum Gasteiger partial charge on any atom is 0.230 e. The molecular weight excluding hydrogens is 419 g/mol. The van der Waals surface area contributed by atoms with Gasteiger partial charge in [-0.15, -0.1) is 10.2 Å². The molecular formula is C18H14Cl2N6OS. The number of pyridine rings is 1. The van der Waals surface area contributed by atoms with Crippen LogP contribution in [0, 0.1) is 11.3 Å². The molecule has 2 heterocycles. The van der Waals surface area contributed by atoms with Gasteiger partial charge >= 0.3 is 0 Å². The normalized spacial score (nSPS) is 10.5. The third-order valence-corrected chi connectivity index (χ3v) is 5.29. The van der Waals surface area contributed by atoms with Gasteiger partial charge in [0.2, 0.25) is 5.91 Å². The monoisotopic (exact) mass is 432 g/mol. The van der Waals surface area contributed by atoms with E-state index in [9.17, 15) is 4.79 Å². The van der Waals surface area contributed by atoms with Crippen molar-refractivity contribution >= 4 is 40.9 Å². The van der Waals surface area contributed by atoms with E-state index in [1.807, 2.05) is 22.8 Å². The lowest BCUT2D eigenvalue weighted by atomic mass is 10.2. The van der Waals surface area contributed by atoms with Crippen molar-refractivity contribution in [1.29, 1.82) is 5.26 Å². The molecule has 0 fully saturated rings. The van der Waals surface area contributed by atoms with Crippen LogP contribution in [0.15, 0.2) is 47.9 Å². The quantitative estimate of drug-likeness (QED) is 0.450. The van der Waals surface area contributed by atoms with Crippen molar-refractivity contribution in [2.75, 3.05) is 12.3 Å². The van der Waals surface area contributed by atoms with Gasteiger partial charge in [-0.2, -0.15) is 5.26 Å². The minimum Gasteiger partial charge on any atom is -0.354 e. The summed E-state index contributed by atoms with van der Waals surface area (Å²) < 4.78 is 1.81. The molecule has 142 valence electrons. The lowest BCUT2D eigenvalue weighted by Crippen LogP contribution is -2.26. The average Bonchev–Trinajstić information content (AvgIpc) is 3.13. The summed E-state index contributed by atoms with van der Waals surface area (Å²) in [5, 5.41) is 21.1. The highest BCUT2D eigenvalue weighted by Crippen LogP contribution is 2.31. The number of aromatic nitrogens is 4. The third-order valence-electron chi connectivity index (χ3n) is 3.62. The van der Waals surface area contributed by atoms with Crippen LogP contribution >= 0.6 is 35.0 Å². The Kier molecular flexibility index (Phi) is 6.87. The first kappa shape index (κ1) is 20.1. The van der Waals surface area contributed by atoms with Crippen LogP contribution in [0.25, 0.3) is 17.1 Å². The number of thioether (sulfide) groups is 1. The van der Waals surface area contributed by atoms with E-state index in [1.54, 1.807) is 30.6 Å². The predicted molar refractivity (Wildman–Crippen MR) is 109 cm³/mol. The number of nitriles is 1. The number of nitrogens with one attached hydrogen (secondary N) is 1. The Bertz CT molecular complexity index is 1020. The number of rotatable bonds is 7. The Hall–Kier alpha value is -2.60. The molecule has 1 N–H and O–H groups in total. The second-order valence-corrected chi connectivity index (χ2v) is 7.28. The van der Waals surface area contributed by atoms with Gasteiger partial charge in [-0.1, -0.05) is 35.0 Å². The molecule has 3 rings (SSSR count). The van der Waals surface area contributed by atoms with Crippen LogP contribution in [0.1, 0.15) is 6.42 Å². The van der Waals surface area contributed by atoms with Crippen LogP contribution in [0.5, 0.6) is 0 Å². The number of carbonyl (C=O) groups is 1. The molecule has 0 bridgehead atoms. The summed E-state index contributed by atoms with van der Waals surface area (Å²) in [5.41, 5.74) is 1.54. The van der Waals surface area contributed by atoms with Gasteiger partial charge in [0.15, 0.2) is 11.0 Å². The highest BCUT2D eigenvalue weighted by molar-refractivity contribution is 7.99. The van der Waals surface area contributed by atoms with E-state index in [1.165, 1.54) is 11.8 Å². The summed E-state index contributed by atoms with van der Waals surface area (Å²) in [5.74, 6) is 0.545. The molecule has 0 aliphatic heterocycles. The first-order valence-electron chi connectivity index (χ1n) is 8.18. The van der Waals surface area contributed by atoms with E-state index < -0.39 is 0 Å². The number of carbonyl (C=O) groups excluding carboxylic acids is 1. The number of amides is 1. The molecule has 3 aromatic rings. The largest absolute Gasteiger partial charge is 0.354 e. The minimum atomic E-state index is -0.186. The van der Waals surface area contributed by atoms with E-state index in [-0.39, 0.29) is 18.1 Å². The smallest absolute Gasteiger partial charge is 0.230 e. The summed E-state index contributed by atoms with van der Waals surface area (Å²) in [6.45, 7) is 0.317. The van der Waals surface area contributed by atoms with Crippen molar-refractivity contribution in [3.05, 3.63) is 52.8 Å². The standard InChI is InChI=1S/C18H14Cl2N6OS/c19-14-3-2-13(10-15(14)20)26-17(12-4-8-22-9-5-12)24-25-18(26)28-11-16(27)23-7-1-6-21/h2-5,8-10H,1,7,11H2,(H,23,27). The van der Waals surface area contributed by atoms with Crippen LogP contribution in [0.2, 0.25) is 10.0 Å². The lowest BCUT2D eigenvalue weighted by molar-refractivity contribution is -0.118. The molecule has 0 aliphatic rings. The zero-order valence-electron chi connectivity index (χ0n) is 14.5. The molecule has 0 atom stereocenters. The van der Waals surface area contributed by atoms with Crippen LogP contribution in [0.3, 0.4) is 0 Å². The first-order valence-corrected chi connectivity index (χ1v) is 9.92. The van der Waals surface area contributed by atoms with Crippen molar-refractivity contribution in [2.24, 2.45) is 0 Å². The minimum absolute atomic E-state index is 0.140. The maximum absolute atomic E-state index is 12.0. The molecule has 28 heavy (non-hydrogen) atoms. The average molecular weight is 433 g/mol. The van der Waals surface area contributed by atoms with Crippen molar-refractivity contribution in [3.63, 3.8) is 0 Å². The van der Waals surface area contributed by atoms with E-state index in [2.05, 4.69) is 20.5 Å². The Morgan fingerprint density at radius 2 is 1.96 bits per heavy atom. The molecule has 0 radical (unpaired) electrons. The van der Waals surface area contributed by atoms with Crippen LogP contribution in [0.4, 0.5) is 0 Å². The van der Waals surface area contributed by atoms with Crippen LogP contribution < -0.4 is 5.32 Å². The fourth-order valence-electron chi connectivity index (χ4n) is 2.35. The second-order valence-electron chi connectivity index (χ2n) is 5.52. The van der Waals surface area contributed by atoms with Crippen molar-refractivity contribution in [2.45, 2.75) is 11.6 Å². The van der Waals surface area contributed by atoms with Gasteiger partial charge in [0.05, 0.1) is 34.0 Å². The highest BCUT2D eigenvalue weighted by Gasteiger charge is 2.18. The first-order chi connectivity index (χ1) is 13.6. The fourth-order valence-corrected chi connectivity index (χ4v) is 3.42. The fraction of sp³-hybridized carbons (Fsp3) is 0.167. The van der Waals surface area contributed by atoms with Gasteiger partial charge < -0.3 is 5.32 Å². The second kappa shape index (κ2) is 9.55. The van der Waals surface area contributed by atoms with Gasteiger partial charge in [0, 0.05) is 24.5 Å². The summed E-state index contributed by atoms with van der Waals surface area (Å²) in [7, 11) is 0. The molecule has 2 aromatic heterocycles. The molecule has 1 amide bonds. The molecule has 0 unspecified atom stereocenters. The number of hydrogen-bond donors (Lipinski definition) is 1. The number of nitrogens with zero attached hydrogens (tertiary/aromatic N) is 5. The molecule has 0 saturated heterocycles. The van der Waals surface area contributed by atoms with Crippen molar-refractivity contribution in [1.82, 2.24) is 25.1 Å². The Balaban J connectivity index is 1.92.